The molecule has 1 aromatic rings. The number of primary amides is 1. The fourth-order valence-electron chi connectivity index (χ4n) is 2.90. The lowest BCUT2D eigenvalue weighted by Gasteiger charge is -2.29. The van der Waals surface area contributed by atoms with Gasteiger partial charge in [-0.2, -0.15) is 0 Å². The molecule has 15 heteroatoms. The third-order valence-electron chi connectivity index (χ3n) is 4.30. The summed E-state index contributed by atoms with van der Waals surface area (Å²) in [6.07, 6.45) is -1.03. The van der Waals surface area contributed by atoms with Crippen molar-refractivity contribution in [2.24, 2.45) is 5.73 Å². The van der Waals surface area contributed by atoms with E-state index >= 15 is 0 Å². The summed E-state index contributed by atoms with van der Waals surface area (Å²) in [5.74, 6) is -3.68. The molecular formula is C21H24I3N3O9. The van der Waals surface area contributed by atoms with Crippen LogP contribution in [0.1, 0.15) is 48.4 Å². The van der Waals surface area contributed by atoms with Gasteiger partial charge in [-0.3, -0.25) is 28.8 Å². The largest absolute Gasteiger partial charge is 0.464 e. The quantitative estimate of drug-likeness (QED) is 0.146. The zero-order valence-corrected chi connectivity index (χ0v) is 26.2. The predicted octanol–water partition coefficient (Wildman–Crippen LogP) is 1.74. The maximum absolute atomic E-state index is 13.1. The van der Waals surface area contributed by atoms with Crippen LogP contribution in [0.2, 0.25) is 0 Å². The number of benzene rings is 1. The highest BCUT2D eigenvalue weighted by molar-refractivity contribution is 14.1. The van der Waals surface area contributed by atoms with Crippen LogP contribution in [-0.4, -0.2) is 68.0 Å². The zero-order valence-electron chi connectivity index (χ0n) is 19.7. The molecule has 1 unspecified atom stereocenters. The van der Waals surface area contributed by atoms with Crippen molar-refractivity contribution in [3.63, 3.8) is 0 Å². The summed E-state index contributed by atoms with van der Waals surface area (Å²) in [7, 11) is 0. The molecule has 1 rings (SSSR count). The van der Waals surface area contributed by atoms with E-state index in [-0.39, 0.29) is 46.7 Å². The molecule has 0 aliphatic heterocycles. The third kappa shape index (κ3) is 9.27. The monoisotopic (exact) mass is 843 g/mol. The van der Waals surface area contributed by atoms with Crippen LogP contribution in [-0.2, 0) is 33.4 Å². The maximum Gasteiger partial charge on any atom is 0.303 e. The highest BCUT2D eigenvalue weighted by Gasteiger charge is 2.32. The maximum atomic E-state index is 13.1. The number of anilines is 1. The third-order valence-corrected chi connectivity index (χ3v) is 7.48. The number of rotatable bonds is 11. The fraction of sp³-hybridized carbons (Fsp3) is 0.429. The second-order valence-corrected chi connectivity index (χ2v) is 10.4. The molecule has 0 spiro atoms. The van der Waals surface area contributed by atoms with Crippen LogP contribution in [0.5, 0.6) is 0 Å². The van der Waals surface area contributed by atoms with E-state index in [1.165, 1.54) is 32.6 Å². The molecule has 0 aromatic heterocycles. The van der Waals surface area contributed by atoms with Gasteiger partial charge in [0.2, 0.25) is 5.91 Å². The Morgan fingerprint density at radius 2 is 1.42 bits per heavy atom. The molecule has 0 radical (unpaired) electrons. The summed E-state index contributed by atoms with van der Waals surface area (Å²) in [5, 5.41) is 2.61. The Morgan fingerprint density at radius 1 is 0.861 bits per heavy atom. The van der Waals surface area contributed by atoms with Crippen LogP contribution in [0, 0.1) is 10.7 Å². The minimum atomic E-state index is -1.03. The molecule has 0 saturated heterocycles. The second kappa shape index (κ2) is 14.8. The minimum absolute atomic E-state index is 0.00509. The van der Waals surface area contributed by atoms with Gasteiger partial charge in [-0.25, -0.2) is 0 Å². The molecule has 36 heavy (non-hydrogen) atoms. The first-order valence-electron chi connectivity index (χ1n) is 10.2. The average molecular weight is 843 g/mol. The first-order chi connectivity index (χ1) is 16.7. The summed E-state index contributed by atoms with van der Waals surface area (Å²) >= 11 is 5.56. The Hall–Kier alpha value is -1.77. The summed E-state index contributed by atoms with van der Waals surface area (Å²) in [6.45, 7) is 4.23. The molecule has 0 aliphatic carbocycles. The van der Waals surface area contributed by atoms with Crippen LogP contribution in [0.4, 0.5) is 5.69 Å². The van der Waals surface area contributed by atoms with Gasteiger partial charge in [-0.15, -0.1) is 0 Å². The average Bonchev–Trinajstić information content (AvgIpc) is 2.73. The summed E-state index contributed by atoms with van der Waals surface area (Å²) in [4.78, 5) is 73.2. The summed E-state index contributed by atoms with van der Waals surface area (Å²) in [6, 6.07) is 0. The van der Waals surface area contributed by atoms with E-state index in [2.05, 4.69) is 5.32 Å². The zero-order chi connectivity index (χ0) is 27.7. The first-order valence-corrected chi connectivity index (χ1v) is 13.4. The van der Waals surface area contributed by atoms with Gasteiger partial charge in [0.05, 0.1) is 37.0 Å². The molecule has 1 aromatic carbocycles. The lowest BCUT2D eigenvalue weighted by Crippen LogP contribution is -2.42. The van der Waals surface area contributed by atoms with Crippen molar-refractivity contribution in [3.05, 3.63) is 21.8 Å². The predicted molar refractivity (Wildman–Crippen MR) is 152 cm³/mol. The highest BCUT2D eigenvalue weighted by atomic mass is 127. The molecule has 0 heterocycles. The van der Waals surface area contributed by atoms with Crippen molar-refractivity contribution >= 4 is 109 Å². The smallest absolute Gasteiger partial charge is 0.303 e. The molecule has 3 N–H and O–H groups in total. The van der Waals surface area contributed by atoms with Crippen LogP contribution in [0.3, 0.4) is 0 Å². The van der Waals surface area contributed by atoms with Gasteiger partial charge < -0.3 is 30.2 Å². The van der Waals surface area contributed by atoms with Gasteiger partial charge in [0, 0.05) is 31.3 Å². The normalized spacial score (nSPS) is 11.2. The van der Waals surface area contributed by atoms with Crippen LogP contribution in [0.25, 0.3) is 0 Å². The van der Waals surface area contributed by atoms with Crippen LogP contribution < -0.4 is 16.0 Å². The molecule has 3 amide bonds. The van der Waals surface area contributed by atoms with E-state index in [1.54, 1.807) is 0 Å². The molecule has 1 atom stereocenters. The number of carbonyl (C=O) groups is 6. The van der Waals surface area contributed by atoms with Crippen LogP contribution in [0.15, 0.2) is 0 Å². The van der Waals surface area contributed by atoms with Crippen molar-refractivity contribution in [1.29, 1.82) is 0 Å². The van der Waals surface area contributed by atoms with E-state index in [9.17, 15) is 28.8 Å². The molecule has 12 nitrogen and oxygen atoms in total. The van der Waals surface area contributed by atoms with Gasteiger partial charge in [-0.1, -0.05) is 0 Å². The summed E-state index contributed by atoms with van der Waals surface area (Å²) in [5.41, 5.74) is 5.91. The first kappa shape index (κ1) is 32.3. The van der Waals surface area contributed by atoms with Gasteiger partial charge in [0.15, 0.2) is 6.10 Å². The van der Waals surface area contributed by atoms with Gasteiger partial charge in [0.25, 0.3) is 11.8 Å². The number of nitrogens with zero attached hydrogens (tertiary/aromatic N) is 1. The van der Waals surface area contributed by atoms with E-state index in [1.807, 2.05) is 67.8 Å². The van der Waals surface area contributed by atoms with Gasteiger partial charge >= 0.3 is 17.9 Å². The van der Waals surface area contributed by atoms with Crippen LogP contribution >= 0.6 is 67.8 Å². The molecule has 198 valence electrons. The Balaban J connectivity index is 3.60. The number of halogens is 3. The lowest BCUT2D eigenvalue weighted by molar-refractivity contribution is -0.155. The molecular weight excluding hydrogens is 819 g/mol. The minimum Gasteiger partial charge on any atom is -0.464 e. The van der Waals surface area contributed by atoms with Crippen molar-refractivity contribution in [2.75, 3.05) is 31.2 Å². The van der Waals surface area contributed by atoms with E-state index in [0.29, 0.717) is 7.14 Å². The molecule has 0 bridgehead atoms. The molecule has 0 aliphatic rings. The number of carbonyl (C=O) groups excluding carboxylic acids is 6. The standard InChI is InChI=1S/C21H24I3N3O9/c1-9(28)27(7-13(36-12(4)31)8-35-11(3)30)19-17(23)14(20(25)32)16(22)15(18(19)24)21(33)26-5-6-34-10(2)29/h13H,5-8H2,1-4H3,(H2,25,32)(H,26,33). The number of amides is 3. The Bertz CT molecular complexity index is 1080. The van der Waals surface area contributed by atoms with Gasteiger partial charge in [-0.05, 0) is 67.8 Å². The Labute approximate surface area is 248 Å². The number of nitrogens with two attached hydrogens (primary N) is 1. The van der Waals surface area contributed by atoms with Crippen molar-refractivity contribution in [1.82, 2.24) is 5.32 Å². The summed E-state index contributed by atoms with van der Waals surface area (Å²) < 4.78 is 15.9. The number of hydrogen-bond acceptors (Lipinski definition) is 9. The number of hydrogen-bond donors (Lipinski definition) is 2. The number of nitrogens with one attached hydrogen (secondary N) is 1. The fourth-order valence-corrected chi connectivity index (χ4v) is 7.67. The number of ether oxygens (including phenoxy) is 3. The van der Waals surface area contributed by atoms with Crippen molar-refractivity contribution in [3.8, 4) is 0 Å². The molecule has 0 saturated carbocycles. The van der Waals surface area contributed by atoms with E-state index in [4.69, 9.17) is 19.9 Å². The lowest BCUT2D eigenvalue weighted by atomic mass is 10.1. The van der Waals surface area contributed by atoms with Gasteiger partial charge in [0.1, 0.15) is 13.2 Å². The Kier molecular flexibility index (Phi) is 13.3. The SMILES string of the molecule is CC(=O)OCCNC(=O)c1c(I)c(C(N)=O)c(I)c(N(CC(COC(C)=O)OC(C)=O)C(C)=O)c1I. The highest BCUT2D eigenvalue weighted by Crippen LogP contribution is 2.38. The topological polar surface area (TPSA) is 171 Å². The van der Waals surface area contributed by atoms with E-state index < -0.39 is 41.7 Å². The van der Waals surface area contributed by atoms with Crippen molar-refractivity contribution < 1.29 is 43.0 Å². The Morgan fingerprint density at radius 3 is 1.89 bits per heavy atom. The van der Waals surface area contributed by atoms with E-state index in [0.717, 1.165) is 0 Å². The number of esters is 3. The van der Waals surface area contributed by atoms with Crippen molar-refractivity contribution in [2.45, 2.75) is 33.8 Å². The second-order valence-electron chi connectivity index (χ2n) is 7.16. The molecule has 0 fully saturated rings.